The number of carbonyl (C=O) groups excluding carboxylic acids is 5. The molecule has 12 heterocycles. The summed E-state index contributed by atoms with van der Waals surface area (Å²) in [5.41, 5.74) is 19.7. The van der Waals surface area contributed by atoms with E-state index in [-0.39, 0.29) is 142 Å². The van der Waals surface area contributed by atoms with Crippen LogP contribution in [0.1, 0.15) is 123 Å². The highest BCUT2D eigenvalue weighted by Crippen LogP contribution is 2.29. The average molecular weight is 1600 g/mol. The van der Waals surface area contributed by atoms with E-state index in [1.165, 1.54) is 102 Å². The molecule has 0 saturated carbocycles. The van der Waals surface area contributed by atoms with Gasteiger partial charge < -0.3 is 77.5 Å². The van der Waals surface area contributed by atoms with Crippen molar-refractivity contribution in [1.29, 1.82) is 0 Å². The van der Waals surface area contributed by atoms with Crippen molar-refractivity contribution in [3.05, 3.63) is 147 Å². The number of hydrogen-bond donors (Lipinski definition) is 9. The second-order valence-electron chi connectivity index (χ2n) is 28.6. The van der Waals surface area contributed by atoms with Gasteiger partial charge in [0, 0.05) is 91.7 Å². The molecule has 0 aliphatic carbocycles. The van der Waals surface area contributed by atoms with Gasteiger partial charge in [0.2, 0.25) is 0 Å². The predicted molar refractivity (Wildman–Crippen MR) is 419 cm³/mol. The Morgan fingerprint density at radius 1 is 0.588 bits per heavy atom. The second-order valence-corrected chi connectivity index (χ2v) is 29.0. The zero-order valence-electron chi connectivity index (χ0n) is 66.0. The zero-order valence-corrected chi connectivity index (χ0v) is 66.7. The van der Waals surface area contributed by atoms with Crippen LogP contribution < -0.4 is 81.1 Å². The zero-order chi connectivity index (χ0) is 83.5. The number of imidazole rings is 3. The Bertz CT molecular complexity index is 5430. The number of nitrogens with zero attached hydrogens (tertiary/aromatic N) is 19. The molecule has 12 rings (SSSR count). The minimum absolute atomic E-state index is 0.0186. The molecule has 0 saturated heterocycles. The van der Waals surface area contributed by atoms with E-state index in [0.29, 0.717) is 70.2 Å². The van der Waals surface area contributed by atoms with E-state index < -0.39 is 41.2 Å². The lowest BCUT2D eigenvalue weighted by Gasteiger charge is -2.25. The summed E-state index contributed by atoms with van der Waals surface area (Å²) in [6.45, 7) is 19.7. The maximum atomic E-state index is 13.0. The molecular formula is C70H93ClN28O15. The van der Waals surface area contributed by atoms with Crippen molar-refractivity contribution in [2.45, 2.75) is 131 Å². The third-order valence-corrected chi connectivity index (χ3v) is 16.2. The number of aryl methyl sites for hydroxylation is 4. The third-order valence-electron chi connectivity index (χ3n) is 16.0. The van der Waals surface area contributed by atoms with Crippen molar-refractivity contribution in [2.24, 2.45) is 33.9 Å². The number of rotatable bonds is 13. The van der Waals surface area contributed by atoms with E-state index in [2.05, 4.69) is 82.5 Å². The first kappa shape index (κ1) is 85.4. The molecule has 12 N–H and O–H groups in total. The van der Waals surface area contributed by atoms with Crippen LogP contribution in [0.25, 0.3) is 16.9 Å². The van der Waals surface area contributed by atoms with Crippen molar-refractivity contribution in [1.82, 2.24) is 98.9 Å². The summed E-state index contributed by atoms with van der Waals surface area (Å²) < 4.78 is 41.9. The molecule has 4 atom stereocenters. The molecule has 610 valence electrons. The predicted octanol–water partition coefficient (Wildman–Crippen LogP) is 2.83. The van der Waals surface area contributed by atoms with Crippen molar-refractivity contribution in [2.75, 3.05) is 84.8 Å². The SMILES string of the molecule is CNc1cc2nn3c(cnc13)C(=O)N[C@H](C)COCc1cc(c(=O)n(C)n1)N2.C[C@@H](N)COCc1cc(N)c(=O)n(C)n1.C[C@@H]1COCc2cc(c(=O)n(C)n2)Nc2cc(N(C)C(=O)OC(C)(C)C)c3ncc(n3n2)C(=O)N1.C[C@H](COCc1cc(N)c(=O)n(C)n1)NC(=O)c1cnc2c(N(C)C(=O)OC(C)(C)C)cc(Cl)nn12. The maximum absolute atomic E-state index is 13.0. The van der Waals surface area contributed by atoms with Crippen LogP contribution in [-0.4, -0.2) is 196 Å². The number of amides is 5. The number of hydrogen-bond acceptors (Lipinski definition) is 31. The van der Waals surface area contributed by atoms with E-state index in [1.807, 2.05) is 13.8 Å². The monoisotopic (exact) mass is 1600 g/mol. The fourth-order valence-corrected chi connectivity index (χ4v) is 11.0. The summed E-state index contributed by atoms with van der Waals surface area (Å²) >= 11 is 6.18. The van der Waals surface area contributed by atoms with E-state index in [0.717, 1.165) is 4.68 Å². The number of nitrogens with one attached hydrogen (secondary N) is 6. The number of carbonyl (C=O) groups is 5. The molecule has 44 heteroatoms. The van der Waals surface area contributed by atoms with Gasteiger partial charge in [-0.3, -0.25) is 43.4 Å². The highest BCUT2D eigenvalue weighted by molar-refractivity contribution is 6.29. The lowest BCUT2D eigenvalue weighted by atomic mass is 10.2. The molecular weight excluding hydrogens is 1510 g/mol. The summed E-state index contributed by atoms with van der Waals surface area (Å²) in [4.78, 5) is 127. The number of nitrogen functional groups attached to an aromatic ring is 2. The minimum Gasteiger partial charge on any atom is -0.443 e. The van der Waals surface area contributed by atoms with Crippen LogP contribution in [0.5, 0.6) is 0 Å². The Hall–Kier alpha value is -12.6. The molecule has 0 aromatic carbocycles. The molecule has 2 aliphatic rings. The van der Waals surface area contributed by atoms with E-state index in [4.69, 9.17) is 57.2 Å². The van der Waals surface area contributed by atoms with Crippen LogP contribution in [0, 0.1) is 0 Å². The van der Waals surface area contributed by atoms with Crippen LogP contribution in [0.4, 0.5) is 61.0 Å². The van der Waals surface area contributed by atoms with Gasteiger partial charge >= 0.3 is 12.2 Å². The van der Waals surface area contributed by atoms with Gasteiger partial charge in [-0.2, -0.15) is 25.5 Å². The highest BCUT2D eigenvalue weighted by atomic mass is 35.5. The lowest BCUT2D eigenvalue weighted by molar-refractivity contribution is 0.0578. The summed E-state index contributed by atoms with van der Waals surface area (Å²) in [7, 11) is 11.0. The molecule has 2 aliphatic heterocycles. The lowest BCUT2D eigenvalue weighted by Crippen LogP contribution is -2.37. The highest BCUT2D eigenvalue weighted by Gasteiger charge is 2.30. The Labute approximate surface area is 655 Å². The van der Waals surface area contributed by atoms with Crippen LogP contribution in [-0.2, 0) is 83.0 Å². The molecule has 0 fully saturated rings. The normalized spacial score (nSPS) is 14.8. The molecule has 8 bridgehead atoms. The molecule has 10 aromatic rings. The van der Waals surface area contributed by atoms with E-state index in [1.54, 1.807) is 101 Å². The standard InChI is InChI=1S/C22H29ClN8O5.C22H28N8O5.C17H20N8O3.C9H16N4O2/c1-12(10-35-11-13-7-14(24)20(33)30(6)27-13)26-19(32)16-9-25-18-15(8-17(23)28-31(16)18)29(5)21(34)36-22(2,3)4;1-12-10-34-11-13-7-14(20(32)29(6)26-13)25-17-8-15(28(5)21(33)35-22(2,3)4)18-23-9-16(19(31)24-12)30(18)27-17;1-9-7-28-8-10-4-12(17(27)24(3)22-10)21-14-5-11(18-2)15-19-6-13(16(26)20-9)25(15)23-14;1-6(10)4-15-5-7-3-8(11)9(14)13(2)12-7/h7-9,12H,10-11,24H2,1-6H3,(H,26,32);7-9,12H,10-11H2,1-6H3,(H,24,31)(H,25,27);4-6,9,18H,7-8H2,1-3H3,(H,20,26)(H,21,23);3,6H,4-5,10-11H2,1-2H3/t2*12-;9-;6-/m1111/s1. The Balaban J connectivity index is 0.000000181. The fraction of sp³-hybridized carbons (Fsp3) is 0.443. The molecule has 43 nitrogen and oxygen atoms in total. The Kier molecular flexibility index (Phi) is 27.2. The summed E-state index contributed by atoms with van der Waals surface area (Å²) in [6.07, 6.45) is 2.95. The molecule has 10 aromatic heterocycles. The van der Waals surface area contributed by atoms with E-state index in [9.17, 15) is 43.2 Å². The first-order valence-electron chi connectivity index (χ1n) is 35.4. The van der Waals surface area contributed by atoms with Gasteiger partial charge in [0.15, 0.2) is 50.8 Å². The van der Waals surface area contributed by atoms with Crippen LogP contribution in [0.3, 0.4) is 0 Å². The first-order chi connectivity index (χ1) is 53.6. The number of aromatic nitrogens is 17. The fourth-order valence-electron chi connectivity index (χ4n) is 10.8. The van der Waals surface area contributed by atoms with Gasteiger partial charge in [0.05, 0.1) is 111 Å². The van der Waals surface area contributed by atoms with Gasteiger partial charge in [-0.25, -0.2) is 56.8 Å². The van der Waals surface area contributed by atoms with Crippen molar-refractivity contribution < 1.29 is 52.4 Å². The van der Waals surface area contributed by atoms with Gasteiger partial charge in [-0.05, 0) is 93.5 Å². The largest absolute Gasteiger partial charge is 0.443 e. The molecule has 0 radical (unpaired) electrons. The Morgan fingerprint density at radius 3 is 1.48 bits per heavy atom. The Morgan fingerprint density at radius 2 is 1.02 bits per heavy atom. The number of anilines is 9. The van der Waals surface area contributed by atoms with Gasteiger partial charge in [0.25, 0.3) is 40.0 Å². The molecule has 0 spiro atoms. The second kappa shape index (κ2) is 36.3. The number of fused-ring (bicyclic) bond motifs is 7. The summed E-state index contributed by atoms with van der Waals surface area (Å²) in [5.74, 6) is -0.628. The minimum atomic E-state index is -0.720. The molecule has 114 heavy (non-hydrogen) atoms. The topological polar surface area (TPSA) is 528 Å². The smallest absolute Gasteiger partial charge is 0.414 e. The van der Waals surface area contributed by atoms with Gasteiger partial charge in [0.1, 0.15) is 34.0 Å². The van der Waals surface area contributed by atoms with Crippen LogP contribution in [0.2, 0.25) is 5.15 Å². The molecule has 5 amide bonds. The number of ether oxygens (including phenoxy) is 6. The van der Waals surface area contributed by atoms with E-state index >= 15 is 0 Å². The van der Waals surface area contributed by atoms with Crippen molar-refractivity contribution in [3.63, 3.8) is 0 Å². The van der Waals surface area contributed by atoms with Crippen LogP contribution >= 0.6 is 11.6 Å². The van der Waals surface area contributed by atoms with Gasteiger partial charge in [-0.1, -0.05) is 11.6 Å². The van der Waals surface area contributed by atoms with Crippen molar-refractivity contribution >= 4 is 110 Å². The van der Waals surface area contributed by atoms with Crippen LogP contribution in [0.15, 0.2) is 80.2 Å². The quantitative estimate of drug-likeness (QED) is 0.0801. The van der Waals surface area contributed by atoms with Crippen molar-refractivity contribution in [3.8, 4) is 0 Å². The van der Waals surface area contributed by atoms with Gasteiger partial charge in [-0.15, -0.1) is 10.2 Å². The average Bonchev–Trinajstić information content (AvgIpc) is 1.60. The first-order valence-corrected chi connectivity index (χ1v) is 35.8. The number of halogens is 1. The number of nitrogens with two attached hydrogens (primary N) is 3. The summed E-state index contributed by atoms with van der Waals surface area (Å²) in [6, 6.07) is 9.94. The third kappa shape index (κ3) is 21.8. The maximum Gasteiger partial charge on any atom is 0.414 e. The molecule has 0 unspecified atom stereocenters. The summed E-state index contributed by atoms with van der Waals surface area (Å²) in [5, 5.41) is 47.2.